The van der Waals surface area contributed by atoms with Gasteiger partial charge in [0.25, 0.3) is 10.0 Å². The Morgan fingerprint density at radius 2 is 1.72 bits per heavy atom. The van der Waals surface area contributed by atoms with E-state index in [0.717, 1.165) is 25.1 Å². The number of benzene rings is 1. The Balaban J connectivity index is 1.79. The number of nitrogens with zero attached hydrogens (tertiary/aromatic N) is 2. The summed E-state index contributed by atoms with van der Waals surface area (Å²) < 4.78 is 32.4. The standard InChI is InChI=1S/C19H26N2O3S/c1-4-20(17-12-15(2)11-16(3)13-17)14-18-7-8-19(24-18)25(22,23)21-9-5-6-10-21/h7-8,11-13H,4-6,9-10,14H2,1-3H3. The second-order valence-corrected chi connectivity index (χ2v) is 8.56. The maximum Gasteiger partial charge on any atom is 0.276 e. The SMILES string of the molecule is CCN(Cc1ccc(S(=O)(=O)N2CCCC2)o1)c1cc(C)cc(C)c1. The number of hydrogen-bond acceptors (Lipinski definition) is 4. The van der Waals surface area contributed by atoms with Crippen molar-refractivity contribution in [3.05, 3.63) is 47.2 Å². The second kappa shape index (κ2) is 7.22. The van der Waals surface area contributed by atoms with E-state index in [1.165, 1.54) is 15.4 Å². The van der Waals surface area contributed by atoms with Crippen molar-refractivity contribution in [1.82, 2.24) is 4.31 Å². The average molecular weight is 362 g/mol. The molecule has 136 valence electrons. The summed E-state index contributed by atoms with van der Waals surface area (Å²) in [5.74, 6) is 0.666. The van der Waals surface area contributed by atoms with Crippen LogP contribution in [0, 0.1) is 13.8 Å². The molecule has 0 N–H and O–H groups in total. The third-order valence-electron chi connectivity index (χ3n) is 4.60. The first-order chi connectivity index (χ1) is 11.9. The van der Waals surface area contributed by atoms with E-state index >= 15 is 0 Å². The number of hydrogen-bond donors (Lipinski definition) is 0. The topological polar surface area (TPSA) is 53.8 Å². The quantitative estimate of drug-likeness (QED) is 0.786. The zero-order valence-corrected chi connectivity index (χ0v) is 16.0. The van der Waals surface area contributed by atoms with Crippen LogP contribution in [0.15, 0.2) is 39.8 Å². The molecule has 0 spiro atoms. The fourth-order valence-corrected chi connectivity index (χ4v) is 4.79. The van der Waals surface area contributed by atoms with E-state index in [0.29, 0.717) is 25.4 Å². The summed E-state index contributed by atoms with van der Waals surface area (Å²) in [6, 6.07) is 9.78. The number of rotatable bonds is 6. The van der Waals surface area contributed by atoms with Gasteiger partial charge < -0.3 is 9.32 Å². The predicted molar refractivity (Wildman–Crippen MR) is 99.3 cm³/mol. The van der Waals surface area contributed by atoms with Gasteiger partial charge in [-0.2, -0.15) is 4.31 Å². The highest BCUT2D eigenvalue weighted by atomic mass is 32.2. The van der Waals surface area contributed by atoms with Gasteiger partial charge >= 0.3 is 0 Å². The minimum Gasteiger partial charge on any atom is -0.446 e. The lowest BCUT2D eigenvalue weighted by Gasteiger charge is -2.23. The van der Waals surface area contributed by atoms with E-state index < -0.39 is 10.0 Å². The average Bonchev–Trinajstić information content (AvgIpc) is 3.23. The molecule has 1 aliphatic rings. The predicted octanol–water partition coefficient (Wildman–Crippen LogP) is 3.71. The Morgan fingerprint density at radius 3 is 2.32 bits per heavy atom. The maximum atomic E-state index is 12.6. The summed E-state index contributed by atoms with van der Waals surface area (Å²) in [6.07, 6.45) is 1.84. The van der Waals surface area contributed by atoms with E-state index in [-0.39, 0.29) is 5.09 Å². The highest BCUT2D eigenvalue weighted by Crippen LogP contribution is 2.25. The van der Waals surface area contributed by atoms with Crippen LogP contribution in [0.1, 0.15) is 36.7 Å². The molecule has 0 radical (unpaired) electrons. The van der Waals surface area contributed by atoms with Gasteiger partial charge in [-0.1, -0.05) is 6.07 Å². The van der Waals surface area contributed by atoms with Gasteiger partial charge in [0.15, 0.2) is 0 Å². The van der Waals surface area contributed by atoms with Crippen LogP contribution in [0.25, 0.3) is 0 Å². The first-order valence-electron chi connectivity index (χ1n) is 8.82. The Hall–Kier alpha value is -1.79. The molecule has 0 amide bonds. The lowest BCUT2D eigenvalue weighted by atomic mass is 10.1. The van der Waals surface area contributed by atoms with E-state index in [4.69, 9.17) is 4.42 Å². The summed E-state index contributed by atoms with van der Waals surface area (Å²) in [5.41, 5.74) is 3.55. The molecular weight excluding hydrogens is 336 g/mol. The highest BCUT2D eigenvalue weighted by molar-refractivity contribution is 7.89. The fourth-order valence-electron chi connectivity index (χ4n) is 3.34. The van der Waals surface area contributed by atoms with Crippen molar-refractivity contribution in [2.75, 3.05) is 24.5 Å². The molecule has 0 unspecified atom stereocenters. The van der Waals surface area contributed by atoms with Crippen molar-refractivity contribution >= 4 is 15.7 Å². The molecule has 0 bridgehead atoms. The molecule has 1 saturated heterocycles. The number of sulfonamides is 1. The monoisotopic (exact) mass is 362 g/mol. The molecule has 1 aromatic carbocycles. The van der Waals surface area contributed by atoms with Gasteiger partial charge in [0.2, 0.25) is 5.09 Å². The Labute approximate surface area is 150 Å². The first kappa shape index (κ1) is 18.0. The summed E-state index contributed by atoms with van der Waals surface area (Å²) in [5, 5.41) is 0.0564. The molecule has 1 aliphatic heterocycles. The van der Waals surface area contributed by atoms with Gasteiger partial charge in [0.05, 0.1) is 6.54 Å². The van der Waals surface area contributed by atoms with Crippen LogP contribution in [-0.2, 0) is 16.6 Å². The Bertz CT molecular complexity index is 816. The molecular formula is C19H26N2O3S. The lowest BCUT2D eigenvalue weighted by molar-refractivity contribution is 0.388. The second-order valence-electron chi connectivity index (χ2n) is 6.69. The van der Waals surface area contributed by atoms with Crippen molar-refractivity contribution in [2.24, 2.45) is 0 Å². The van der Waals surface area contributed by atoms with Crippen molar-refractivity contribution in [3.8, 4) is 0 Å². The third kappa shape index (κ3) is 3.90. The van der Waals surface area contributed by atoms with Gasteiger partial charge in [-0.25, -0.2) is 8.42 Å². The summed E-state index contributed by atoms with van der Waals surface area (Å²) in [7, 11) is -3.49. The normalized spacial score (nSPS) is 15.6. The number of furan rings is 1. The first-order valence-corrected chi connectivity index (χ1v) is 10.3. The fraction of sp³-hybridized carbons (Fsp3) is 0.474. The van der Waals surface area contributed by atoms with Crippen LogP contribution in [0.3, 0.4) is 0 Å². The van der Waals surface area contributed by atoms with Crippen LogP contribution < -0.4 is 4.90 Å². The van der Waals surface area contributed by atoms with Gasteiger partial charge in [0.1, 0.15) is 5.76 Å². The molecule has 0 aliphatic carbocycles. The van der Waals surface area contributed by atoms with Crippen LogP contribution in [0.4, 0.5) is 5.69 Å². The molecule has 2 heterocycles. The van der Waals surface area contributed by atoms with E-state index in [9.17, 15) is 8.42 Å². The van der Waals surface area contributed by atoms with Crippen LogP contribution >= 0.6 is 0 Å². The van der Waals surface area contributed by atoms with Crippen molar-refractivity contribution in [2.45, 2.75) is 45.2 Å². The lowest BCUT2D eigenvalue weighted by Crippen LogP contribution is -2.27. The van der Waals surface area contributed by atoms with E-state index in [2.05, 4.69) is 43.9 Å². The molecule has 6 heteroatoms. The molecule has 3 rings (SSSR count). The molecule has 5 nitrogen and oxygen atoms in total. The molecule has 0 saturated carbocycles. The van der Waals surface area contributed by atoms with Gasteiger partial charge in [-0.15, -0.1) is 0 Å². The maximum absolute atomic E-state index is 12.6. The Morgan fingerprint density at radius 1 is 1.08 bits per heavy atom. The summed E-state index contributed by atoms with van der Waals surface area (Å²) in [4.78, 5) is 2.19. The van der Waals surface area contributed by atoms with Crippen molar-refractivity contribution < 1.29 is 12.8 Å². The van der Waals surface area contributed by atoms with Crippen LogP contribution in [-0.4, -0.2) is 32.4 Å². The molecule has 1 aromatic heterocycles. The van der Waals surface area contributed by atoms with E-state index in [1.807, 2.05) is 0 Å². The van der Waals surface area contributed by atoms with Crippen LogP contribution in [0.2, 0.25) is 0 Å². The number of aryl methyl sites for hydroxylation is 2. The third-order valence-corrected chi connectivity index (χ3v) is 6.37. The minimum atomic E-state index is -3.49. The molecule has 25 heavy (non-hydrogen) atoms. The van der Waals surface area contributed by atoms with Crippen LogP contribution in [0.5, 0.6) is 0 Å². The highest BCUT2D eigenvalue weighted by Gasteiger charge is 2.30. The van der Waals surface area contributed by atoms with Gasteiger partial charge in [0, 0.05) is 25.3 Å². The van der Waals surface area contributed by atoms with Gasteiger partial charge in [-0.3, -0.25) is 0 Å². The smallest absolute Gasteiger partial charge is 0.276 e. The zero-order valence-electron chi connectivity index (χ0n) is 15.2. The summed E-state index contributed by atoms with van der Waals surface area (Å²) in [6.45, 7) is 8.79. The molecule has 2 aromatic rings. The minimum absolute atomic E-state index is 0.0564. The van der Waals surface area contributed by atoms with Crippen molar-refractivity contribution in [3.63, 3.8) is 0 Å². The summed E-state index contributed by atoms with van der Waals surface area (Å²) >= 11 is 0. The molecule has 0 atom stereocenters. The zero-order chi connectivity index (χ0) is 18.0. The van der Waals surface area contributed by atoms with E-state index in [1.54, 1.807) is 12.1 Å². The molecule has 1 fully saturated rings. The largest absolute Gasteiger partial charge is 0.446 e. The van der Waals surface area contributed by atoms with Crippen molar-refractivity contribution in [1.29, 1.82) is 0 Å². The Kier molecular flexibility index (Phi) is 5.20. The van der Waals surface area contributed by atoms with Gasteiger partial charge in [-0.05, 0) is 69.0 Å². The number of anilines is 1.